The van der Waals surface area contributed by atoms with Gasteiger partial charge in [0.05, 0.1) is 16.1 Å². The van der Waals surface area contributed by atoms with Crippen molar-refractivity contribution < 1.29 is 27.9 Å². The van der Waals surface area contributed by atoms with E-state index in [0.717, 1.165) is 16.9 Å². The van der Waals surface area contributed by atoms with Crippen LogP contribution in [0.1, 0.15) is 26.4 Å². The second-order valence-corrected chi connectivity index (χ2v) is 4.92. The Hall–Kier alpha value is -2.55. The van der Waals surface area contributed by atoms with Crippen molar-refractivity contribution in [1.82, 2.24) is 9.78 Å². The zero-order valence-electron chi connectivity index (χ0n) is 11.5. The molecule has 0 saturated carbocycles. The number of halogens is 4. The molecule has 0 spiro atoms. The number of carbonyl (C=O) groups excluding carboxylic acids is 1. The van der Waals surface area contributed by atoms with E-state index in [-0.39, 0.29) is 11.3 Å². The molecule has 122 valence electrons. The molecule has 0 radical (unpaired) electrons. The first kappa shape index (κ1) is 16.8. The number of nitrogens with zero attached hydrogens (tertiary/aromatic N) is 2. The number of hydrogen-bond acceptors (Lipinski definition) is 3. The minimum atomic E-state index is -4.68. The highest BCUT2D eigenvalue weighted by Gasteiger charge is 2.33. The van der Waals surface area contributed by atoms with Gasteiger partial charge in [-0.2, -0.15) is 18.3 Å². The van der Waals surface area contributed by atoms with Crippen molar-refractivity contribution in [1.29, 1.82) is 0 Å². The van der Waals surface area contributed by atoms with Crippen LogP contribution in [0.15, 0.2) is 24.4 Å². The highest BCUT2D eigenvalue weighted by molar-refractivity contribution is 6.31. The lowest BCUT2D eigenvalue weighted by Gasteiger charge is -2.11. The summed E-state index contributed by atoms with van der Waals surface area (Å²) in [5.41, 5.74) is -2.06. The van der Waals surface area contributed by atoms with Crippen LogP contribution in [0.2, 0.25) is 5.02 Å². The van der Waals surface area contributed by atoms with E-state index in [2.05, 4.69) is 10.4 Å². The van der Waals surface area contributed by atoms with E-state index in [0.29, 0.717) is 6.07 Å². The molecule has 2 rings (SSSR count). The fraction of sp³-hybridized carbons (Fsp3) is 0.154. The minimum absolute atomic E-state index is 0.174. The van der Waals surface area contributed by atoms with Crippen LogP contribution in [-0.4, -0.2) is 26.8 Å². The predicted octanol–water partition coefficient (Wildman–Crippen LogP) is 3.04. The molecular formula is C13H9ClF3N3O3. The highest BCUT2D eigenvalue weighted by Crippen LogP contribution is 2.36. The molecule has 23 heavy (non-hydrogen) atoms. The van der Waals surface area contributed by atoms with Gasteiger partial charge in [0.2, 0.25) is 0 Å². The molecule has 0 aliphatic carbocycles. The van der Waals surface area contributed by atoms with Gasteiger partial charge < -0.3 is 10.4 Å². The van der Waals surface area contributed by atoms with Crippen LogP contribution in [0.4, 0.5) is 18.9 Å². The Labute approximate surface area is 132 Å². The second kappa shape index (κ2) is 5.92. The third kappa shape index (κ3) is 3.62. The molecule has 0 fully saturated rings. The quantitative estimate of drug-likeness (QED) is 0.893. The normalized spacial score (nSPS) is 11.3. The van der Waals surface area contributed by atoms with E-state index in [4.69, 9.17) is 16.7 Å². The Morgan fingerprint density at radius 1 is 1.35 bits per heavy atom. The second-order valence-electron chi connectivity index (χ2n) is 4.52. The maximum atomic E-state index is 12.8. The third-order valence-electron chi connectivity index (χ3n) is 2.81. The number of anilines is 1. The molecule has 1 heterocycles. The van der Waals surface area contributed by atoms with E-state index < -0.39 is 34.3 Å². The summed E-state index contributed by atoms with van der Waals surface area (Å²) in [6, 6.07) is 2.82. The Kier molecular flexibility index (Phi) is 4.33. The van der Waals surface area contributed by atoms with E-state index >= 15 is 0 Å². The van der Waals surface area contributed by atoms with Gasteiger partial charge in [0.1, 0.15) is 0 Å². The number of carboxylic acids is 1. The van der Waals surface area contributed by atoms with Crippen LogP contribution < -0.4 is 5.32 Å². The molecular weight excluding hydrogens is 339 g/mol. The zero-order valence-corrected chi connectivity index (χ0v) is 12.2. The standard InChI is InChI=1S/C13H9ClF3N3O3/c1-20-5-7(10(19-20)12(22)23)11(21)18-6-2-3-9(14)8(4-6)13(15,16)17/h2-5H,1H3,(H,18,21)(H,22,23). The van der Waals surface area contributed by atoms with Crippen molar-refractivity contribution in [3.05, 3.63) is 46.2 Å². The van der Waals surface area contributed by atoms with Crippen molar-refractivity contribution in [3.63, 3.8) is 0 Å². The number of benzene rings is 1. The van der Waals surface area contributed by atoms with Crippen LogP contribution >= 0.6 is 11.6 Å². The van der Waals surface area contributed by atoms with E-state index in [9.17, 15) is 22.8 Å². The Morgan fingerprint density at radius 2 is 2.00 bits per heavy atom. The molecule has 1 aromatic heterocycles. The fourth-order valence-corrected chi connectivity index (χ4v) is 2.06. The molecule has 0 aliphatic rings. The number of amides is 1. The zero-order chi connectivity index (χ0) is 17.4. The van der Waals surface area contributed by atoms with Crippen molar-refractivity contribution in [3.8, 4) is 0 Å². The van der Waals surface area contributed by atoms with Gasteiger partial charge in [-0.1, -0.05) is 11.6 Å². The van der Waals surface area contributed by atoms with Gasteiger partial charge in [0.25, 0.3) is 5.91 Å². The van der Waals surface area contributed by atoms with Crippen molar-refractivity contribution >= 4 is 29.2 Å². The number of aromatic carboxylic acids is 1. The number of carboxylic acid groups (broad SMARTS) is 1. The first-order chi connectivity index (χ1) is 10.6. The molecule has 0 unspecified atom stereocenters. The van der Waals surface area contributed by atoms with Gasteiger partial charge in [0.15, 0.2) is 5.69 Å². The van der Waals surface area contributed by atoms with E-state index in [1.165, 1.54) is 13.1 Å². The molecule has 2 N–H and O–H groups in total. The number of hydrogen-bond donors (Lipinski definition) is 2. The summed E-state index contributed by atoms with van der Waals surface area (Å²) in [7, 11) is 1.41. The van der Waals surface area contributed by atoms with E-state index in [1.807, 2.05) is 0 Å². The van der Waals surface area contributed by atoms with Crippen molar-refractivity contribution in [2.24, 2.45) is 7.05 Å². The number of aryl methyl sites for hydroxylation is 1. The molecule has 1 aromatic carbocycles. The van der Waals surface area contributed by atoms with Crippen LogP contribution in [0.5, 0.6) is 0 Å². The molecule has 0 atom stereocenters. The molecule has 0 bridgehead atoms. The average Bonchev–Trinajstić information content (AvgIpc) is 2.82. The summed E-state index contributed by atoms with van der Waals surface area (Å²) < 4.78 is 39.4. The smallest absolute Gasteiger partial charge is 0.417 e. The molecule has 0 saturated heterocycles. The Morgan fingerprint density at radius 3 is 2.57 bits per heavy atom. The van der Waals surface area contributed by atoms with Gasteiger partial charge in [-0.25, -0.2) is 4.79 Å². The number of aromatic nitrogens is 2. The summed E-state index contributed by atoms with van der Waals surface area (Å²) in [6.07, 6.45) is -3.53. The van der Waals surface area contributed by atoms with Gasteiger partial charge in [-0.3, -0.25) is 9.48 Å². The summed E-state index contributed by atoms with van der Waals surface area (Å²) >= 11 is 5.48. The Bertz CT molecular complexity index is 787. The average molecular weight is 348 g/mol. The van der Waals surface area contributed by atoms with Crippen LogP contribution in [0.25, 0.3) is 0 Å². The largest absolute Gasteiger partial charge is 0.476 e. The number of nitrogens with one attached hydrogen (secondary N) is 1. The van der Waals surface area contributed by atoms with Gasteiger partial charge >= 0.3 is 12.1 Å². The lowest BCUT2D eigenvalue weighted by atomic mass is 10.1. The number of rotatable bonds is 3. The molecule has 10 heteroatoms. The third-order valence-corrected chi connectivity index (χ3v) is 3.14. The van der Waals surface area contributed by atoms with Crippen LogP contribution in [0, 0.1) is 0 Å². The summed E-state index contributed by atoms with van der Waals surface area (Å²) in [5, 5.41) is 14.2. The summed E-state index contributed by atoms with van der Waals surface area (Å²) in [5.74, 6) is -2.33. The molecule has 1 amide bonds. The van der Waals surface area contributed by atoms with Crippen molar-refractivity contribution in [2.45, 2.75) is 6.18 Å². The molecule has 6 nitrogen and oxygen atoms in total. The molecule has 0 aliphatic heterocycles. The number of carbonyl (C=O) groups is 2. The van der Waals surface area contributed by atoms with Gasteiger partial charge in [-0.15, -0.1) is 0 Å². The van der Waals surface area contributed by atoms with Crippen molar-refractivity contribution in [2.75, 3.05) is 5.32 Å². The maximum absolute atomic E-state index is 12.8. The number of alkyl halides is 3. The Balaban J connectivity index is 2.33. The van der Waals surface area contributed by atoms with Gasteiger partial charge in [-0.05, 0) is 18.2 Å². The van der Waals surface area contributed by atoms with Gasteiger partial charge in [0, 0.05) is 18.9 Å². The topological polar surface area (TPSA) is 84.2 Å². The van der Waals surface area contributed by atoms with E-state index in [1.54, 1.807) is 0 Å². The molecule has 2 aromatic rings. The fourth-order valence-electron chi connectivity index (χ4n) is 1.83. The lowest BCUT2D eigenvalue weighted by molar-refractivity contribution is -0.137. The minimum Gasteiger partial charge on any atom is -0.476 e. The highest BCUT2D eigenvalue weighted by atomic mass is 35.5. The first-order valence-electron chi connectivity index (χ1n) is 6.04. The lowest BCUT2D eigenvalue weighted by Crippen LogP contribution is -2.16. The maximum Gasteiger partial charge on any atom is 0.417 e. The summed E-state index contributed by atoms with van der Waals surface area (Å²) in [4.78, 5) is 23.1. The SMILES string of the molecule is Cn1cc(C(=O)Nc2ccc(Cl)c(C(F)(F)F)c2)c(C(=O)O)n1. The van der Waals surface area contributed by atoms with Crippen LogP contribution in [-0.2, 0) is 13.2 Å². The monoisotopic (exact) mass is 347 g/mol. The first-order valence-corrected chi connectivity index (χ1v) is 6.42. The van der Waals surface area contributed by atoms with Crippen LogP contribution in [0.3, 0.4) is 0 Å². The predicted molar refractivity (Wildman–Crippen MR) is 74.6 cm³/mol. The summed E-state index contributed by atoms with van der Waals surface area (Å²) in [6.45, 7) is 0.